The Bertz CT molecular complexity index is 1420. The molecule has 10 nitrogen and oxygen atoms in total. The molecule has 4 aliphatic rings. The summed E-state index contributed by atoms with van der Waals surface area (Å²) in [7, 11) is -3.52. The lowest BCUT2D eigenvalue weighted by molar-refractivity contribution is -0.122. The molecular formula is C27H31ClN4O6S. The fourth-order valence-corrected chi connectivity index (χ4v) is 7.05. The number of aromatic nitrogens is 1. The number of anilines is 2. The van der Waals surface area contributed by atoms with Gasteiger partial charge in [0.05, 0.1) is 24.0 Å². The fourth-order valence-electron chi connectivity index (χ4n) is 6.23. The van der Waals surface area contributed by atoms with Crippen LogP contribution >= 0.6 is 11.6 Å². The maximum Gasteiger partial charge on any atom is 0.264 e. The smallest absolute Gasteiger partial charge is 0.264 e. The van der Waals surface area contributed by atoms with Gasteiger partial charge in [0.2, 0.25) is 11.8 Å². The number of piperidine rings is 1. The number of hydrogen-bond donors (Lipinski definition) is 1. The summed E-state index contributed by atoms with van der Waals surface area (Å²) in [6, 6.07) is 7.42. The standard InChI is InChI=1S/C27H31ClN4O6S/c1-39(35,36)38-20-14-19(15-20)32-24(33)5-2-17-12-21(16-29-25(17)32)37-11-10-31-8-6-27(7-9-31)22-13-18(28)3-4-23(22)30-26(27)34/h3-4,12-13,16,19-20H,2,5-11,14-15H2,1H3,(H,30,34)/t19-,20+. The van der Waals surface area contributed by atoms with Crippen molar-refractivity contribution in [3.05, 3.63) is 46.6 Å². The molecule has 39 heavy (non-hydrogen) atoms. The summed E-state index contributed by atoms with van der Waals surface area (Å²) in [5.41, 5.74) is 2.30. The molecule has 2 aromatic rings. The lowest BCUT2D eigenvalue weighted by atomic mass is 9.73. The first-order chi connectivity index (χ1) is 18.6. The van der Waals surface area contributed by atoms with Crippen molar-refractivity contribution in [3.8, 4) is 5.75 Å². The number of amides is 2. The minimum Gasteiger partial charge on any atom is -0.491 e. The lowest BCUT2D eigenvalue weighted by Gasteiger charge is -2.43. The molecule has 4 heterocycles. The number of rotatable bonds is 7. The predicted octanol–water partition coefficient (Wildman–Crippen LogP) is 2.89. The van der Waals surface area contributed by atoms with E-state index in [4.69, 9.17) is 20.5 Å². The van der Waals surface area contributed by atoms with Crippen LogP contribution in [0, 0.1) is 0 Å². The molecule has 0 unspecified atom stereocenters. The molecule has 3 aliphatic heterocycles. The summed E-state index contributed by atoms with van der Waals surface area (Å²) < 4.78 is 33.8. The third-order valence-corrected chi connectivity index (χ3v) is 9.19. The molecule has 1 aromatic heterocycles. The molecule has 208 valence electrons. The minimum atomic E-state index is -3.52. The van der Waals surface area contributed by atoms with Crippen LogP contribution in [-0.2, 0) is 35.7 Å². The van der Waals surface area contributed by atoms with E-state index < -0.39 is 21.6 Å². The minimum absolute atomic E-state index is 0.00446. The molecule has 1 spiro atoms. The van der Waals surface area contributed by atoms with Crippen LogP contribution in [0.25, 0.3) is 0 Å². The van der Waals surface area contributed by atoms with Crippen LogP contribution in [0.2, 0.25) is 5.02 Å². The van der Waals surface area contributed by atoms with Crippen molar-refractivity contribution in [3.63, 3.8) is 0 Å². The largest absolute Gasteiger partial charge is 0.491 e. The van der Waals surface area contributed by atoms with Crippen molar-refractivity contribution in [1.82, 2.24) is 9.88 Å². The number of pyridine rings is 1. The van der Waals surface area contributed by atoms with Gasteiger partial charge in [0.25, 0.3) is 10.1 Å². The van der Waals surface area contributed by atoms with Crippen LogP contribution in [0.1, 0.15) is 43.2 Å². The lowest BCUT2D eigenvalue weighted by Crippen LogP contribution is -2.53. The van der Waals surface area contributed by atoms with Gasteiger partial charge in [0.15, 0.2) is 0 Å². The number of aryl methyl sites for hydroxylation is 1. The van der Waals surface area contributed by atoms with E-state index in [1.807, 2.05) is 18.2 Å². The number of benzene rings is 1. The maximum atomic E-state index is 12.9. The normalized spacial score (nSPS) is 24.2. The Balaban J connectivity index is 1.03. The van der Waals surface area contributed by atoms with Gasteiger partial charge < -0.3 is 10.1 Å². The first-order valence-electron chi connectivity index (χ1n) is 13.3. The molecule has 12 heteroatoms. The highest BCUT2D eigenvalue weighted by Gasteiger charge is 2.48. The van der Waals surface area contributed by atoms with E-state index in [9.17, 15) is 18.0 Å². The maximum absolute atomic E-state index is 12.9. The van der Waals surface area contributed by atoms with Crippen LogP contribution in [0.4, 0.5) is 11.5 Å². The number of ether oxygens (including phenoxy) is 1. The van der Waals surface area contributed by atoms with Gasteiger partial charge in [0, 0.05) is 29.7 Å². The zero-order chi connectivity index (χ0) is 27.4. The molecule has 0 radical (unpaired) electrons. The summed E-state index contributed by atoms with van der Waals surface area (Å²) in [5.74, 6) is 1.33. The SMILES string of the molecule is CS(=O)(=O)O[C@H]1C[C@@H](N2C(=O)CCc3cc(OCCN4CCC5(CC4)C(=O)Nc4ccc(Cl)cc45)cnc32)C1. The van der Waals surface area contributed by atoms with E-state index in [2.05, 4.69) is 15.2 Å². The average molecular weight is 575 g/mol. The first kappa shape index (κ1) is 26.5. The molecule has 1 saturated carbocycles. The van der Waals surface area contributed by atoms with Crippen LogP contribution < -0.4 is 15.0 Å². The topological polar surface area (TPSA) is 118 Å². The van der Waals surface area contributed by atoms with Crippen LogP contribution in [0.15, 0.2) is 30.5 Å². The van der Waals surface area contributed by atoms with E-state index in [1.165, 1.54) is 0 Å². The molecule has 2 amide bonds. The van der Waals surface area contributed by atoms with E-state index in [1.54, 1.807) is 17.2 Å². The zero-order valence-corrected chi connectivity index (χ0v) is 23.3. The average Bonchev–Trinajstić information content (AvgIpc) is 3.12. The quantitative estimate of drug-likeness (QED) is 0.502. The molecule has 0 bridgehead atoms. The second kappa shape index (κ2) is 10.0. The number of carbonyl (C=O) groups is 2. The summed E-state index contributed by atoms with van der Waals surface area (Å²) in [6.45, 7) is 2.78. The first-order valence-corrected chi connectivity index (χ1v) is 15.5. The van der Waals surface area contributed by atoms with Gasteiger partial charge in [-0.25, -0.2) is 4.98 Å². The van der Waals surface area contributed by atoms with E-state index in [-0.39, 0.29) is 17.9 Å². The Morgan fingerprint density at radius 3 is 2.67 bits per heavy atom. The van der Waals surface area contributed by atoms with Gasteiger partial charge >= 0.3 is 0 Å². The second-order valence-electron chi connectivity index (χ2n) is 10.9. The molecular weight excluding hydrogens is 544 g/mol. The van der Waals surface area contributed by atoms with E-state index in [0.717, 1.165) is 55.5 Å². The Labute approximate surface area is 232 Å². The van der Waals surface area contributed by atoms with Crippen LogP contribution in [0.5, 0.6) is 5.75 Å². The Hall–Kier alpha value is -2.73. The number of carbonyl (C=O) groups excluding carboxylic acids is 2. The van der Waals surface area contributed by atoms with Gasteiger partial charge in [-0.05, 0) is 80.6 Å². The number of fused-ring (bicyclic) bond motifs is 3. The number of likely N-dealkylation sites (tertiary alicyclic amines) is 1. The van der Waals surface area contributed by atoms with Crippen molar-refractivity contribution in [2.24, 2.45) is 0 Å². The Kier molecular flexibility index (Phi) is 6.81. The monoisotopic (exact) mass is 574 g/mol. The van der Waals surface area contributed by atoms with Gasteiger partial charge in [-0.2, -0.15) is 8.42 Å². The van der Waals surface area contributed by atoms with Gasteiger partial charge in [-0.3, -0.25) is 23.6 Å². The molecule has 1 saturated heterocycles. The Morgan fingerprint density at radius 2 is 1.92 bits per heavy atom. The van der Waals surface area contributed by atoms with E-state index >= 15 is 0 Å². The van der Waals surface area contributed by atoms with E-state index in [0.29, 0.717) is 48.9 Å². The molecule has 1 N–H and O–H groups in total. The van der Waals surface area contributed by atoms with Crippen molar-refractivity contribution in [1.29, 1.82) is 0 Å². The Morgan fingerprint density at radius 1 is 1.15 bits per heavy atom. The van der Waals surface area contributed by atoms with Crippen molar-refractivity contribution < 1.29 is 26.9 Å². The zero-order valence-electron chi connectivity index (χ0n) is 21.7. The van der Waals surface area contributed by atoms with Crippen LogP contribution in [-0.4, -0.2) is 74.8 Å². The van der Waals surface area contributed by atoms with Gasteiger partial charge in [-0.1, -0.05) is 11.6 Å². The van der Waals surface area contributed by atoms with Crippen LogP contribution in [0.3, 0.4) is 0 Å². The second-order valence-corrected chi connectivity index (χ2v) is 12.9. The molecule has 2 fully saturated rings. The number of nitrogens with one attached hydrogen (secondary N) is 1. The van der Waals surface area contributed by atoms with Crippen molar-refractivity contribution >= 4 is 45.0 Å². The molecule has 0 atom stereocenters. The summed E-state index contributed by atoms with van der Waals surface area (Å²) in [4.78, 5) is 34.1. The van der Waals surface area contributed by atoms with Crippen molar-refractivity contribution in [2.45, 2.75) is 56.1 Å². The highest BCUT2D eigenvalue weighted by atomic mass is 35.5. The molecule has 1 aliphatic carbocycles. The number of halogens is 1. The fraction of sp³-hybridized carbons (Fsp3) is 0.519. The highest BCUT2D eigenvalue weighted by Crippen LogP contribution is 2.45. The number of hydrogen-bond acceptors (Lipinski definition) is 8. The number of nitrogens with zero attached hydrogens (tertiary/aromatic N) is 3. The van der Waals surface area contributed by atoms with Gasteiger partial charge in [-0.15, -0.1) is 0 Å². The van der Waals surface area contributed by atoms with Crippen molar-refractivity contribution in [2.75, 3.05) is 42.7 Å². The molecule has 6 rings (SSSR count). The highest BCUT2D eigenvalue weighted by molar-refractivity contribution is 7.86. The molecule has 1 aromatic carbocycles. The third kappa shape index (κ3) is 5.13. The van der Waals surface area contributed by atoms with Gasteiger partial charge in [0.1, 0.15) is 18.2 Å². The predicted molar refractivity (Wildman–Crippen MR) is 146 cm³/mol. The summed E-state index contributed by atoms with van der Waals surface area (Å²) in [6.07, 6.45) is 5.65. The third-order valence-electron chi connectivity index (χ3n) is 8.33. The summed E-state index contributed by atoms with van der Waals surface area (Å²) >= 11 is 6.23. The summed E-state index contributed by atoms with van der Waals surface area (Å²) in [5, 5.41) is 3.66.